The molecule has 9 nitrogen and oxygen atoms in total. The topological polar surface area (TPSA) is 139 Å². The van der Waals surface area contributed by atoms with Gasteiger partial charge in [0.05, 0.1) is 11.5 Å². The molecule has 0 aliphatic carbocycles. The first-order chi connectivity index (χ1) is 22.4. The Balaban J connectivity index is 0.000000671. The van der Waals surface area contributed by atoms with Crippen molar-refractivity contribution < 1.29 is 49.8 Å². The maximum absolute atomic E-state index is 16.2. The molecule has 2 saturated heterocycles. The number of sulfonamides is 1. The van der Waals surface area contributed by atoms with E-state index < -0.39 is 45.6 Å². The number of rotatable bonds is 10. The average molecular weight is 765 g/mol. The number of alkyl halides is 5. The van der Waals surface area contributed by atoms with E-state index in [1.54, 1.807) is 24.3 Å². The van der Waals surface area contributed by atoms with Crippen LogP contribution in [0.5, 0.6) is 5.75 Å². The number of nitrogens with one attached hydrogen (secondary N) is 1. The summed E-state index contributed by atoms with van der Waals surface area (Å²) in [6.07, 6.45) is -0.860. The minimum Gasteiger partial charge on any atom is -0.494 e. The number of hydrogen-bond donors (Lipinski definition) is 3. The van der Waals surface area contributed by atoms with Gasteiger partial charge in [-0.25, -0.2) is 13.2 Å². The molecule has 3 aromatic carbocycles. The van der Waals surface area contributed by atoms with Crippen molar-refractivity contribution in [3.63, 3.8) is 0 Å². The van der Waals surface area contributed by atoms with Gasteiger partial charge in [-0.3, -0.25) is 4.79 Å². The van der Waals surface area contributed by atoms with Crippen LogP contribution in [0.15, 0.2) is 70.0 Å². The Bertz CT molecular complexity index is 1710. The van der Waals surface area contributed by atoms with Gasteiger partial charge < -0.3 is 20.5 Å². The van der Waals surface area contributed by atoms with Gasteiger partial charge >= 0.3 is 12.1 Å². The first-order valence-electron chi connectivity index (χ1n) is 15.1. The number of carbonyl (C=O) groups excluding carboxylic acids is 1. The fraction of sp³-hybridized carbons (Fsp3) is 0.438. The van der Waals surface area contributed by atoms with Gasteiger partial charge in [-0.2, -0.15) is 26.7 Å². The Morgan fingerprint density at radius 1 is 1.00 bits per heavy atom. The van der Waals surface area contributed by atoms with E-state index in [1.807, 2.05) is 0 Å². The SMILES string of the molecule is CCCCOc1ccc2cc(S(=O)(=O)N[C@H](C(=O)N3C4CCC3CC(N)C4)C(F)(F)c3ccc(Br)cc3)ccc2c1.O=C(O)C(F)(F)F. The summed E-state index contributed by atoms with van der Waals surface area (Å²) in [5, 5.41) is 8.47. The predicted molar refractivity (Wildman–Crippen MR) is 171 cm³/mol. The molecule has 16 heteroatoms. The van der Waals surface area contributed by atoms with Gasteiger partial charge in [-0.05, 0) is 79.3 Å². The fourth-order valence-electron chi connectivity index (χ4n) is 5.86. The van der Waals surface area contributed by atoms with Crippen molar-refractivity contribution in [2.75, 3.05) is 6.61 Å². The summed E-state index contributed by atoms with van der Waals surface area (Å²) in [5.41, 5.74) is 5.68. The number of halogens is 6. The number of carboxylic acids is 1. The second-order valence-electron chi connectivity index (χ2n) is 11.7. The zero-order valence-corrected chi connectivity index (χ0v) is 28.1. The molecular formula is C32H35BrF5N3O6S. The van der Waals surface area contributed by atoms with E-state index in [4.69, 9.17) is 20.4 Å². The molecule has 0 aromatic heterocycles. The van der Waals surface area contributed by atoms with Crippen molar-refractivity contribution in [2.24, 2.45) is 5.73 Å². The van der Waals surface area contributed by atoms with Crippen LogP contribution in [-0.2, 0) is 25.5 Å². The Labute approximate surface area is 282 Å². The molecule has 2 unspecified atom stereocenters. The second kappa shape index (κ2) is 15.0. The van der Waals surface area contributed by atoms with Crippen LogP contribution in [0.2, 0.25) is 0 Å². The molecule has 5 rings (SSSR count). The molecule has 3 aromatic rings. The number of unbranched alkanes of at least 4 members (excludes halogenated alkanes) is 1. The quantitative estimate of drug-likeness (QED) is 0.162. The van der Waals surface area contributed by atoms with E-state index in [1.165, 1.54) is 41.3 Å². The van der Waals surface area contributed by atoms with Crippen molar-refractivity contribution in [1.29, 1.82) is 0 Å². The summed E-state index contributed by atoms with van der Waals surface area (Å²) < 4.78 is 99.7. The number of aliphatic carboxylic acids is 1. The molecule has 0 radical (unpaired) electrons. The van der Waals surface area contributed by atoms with Crippen molar-refractivity contribution in [2.45, 2.75) is 86.6 Å². The Morgan fingerprint density at radius 2 is 1.56 bits per heavy atom. The van der Waals surface area contributed by atoms with E-state index in [2.05, 4.69) is 27.6 Å². The highest BCUT2D eigenvalue weighted by Crippen LogP contribution is 2.40. The summed E-state index contributed by atoms with van der Waals surface area (Å²) in [7, 11) is -4.53. The minimum absolute atomic E-state index is 0.117. The highest BCUT2D eigenvalue weighted by molar-refractivity contribution is 9.10. The predicted octanol–water partition coefficient (Wildman–Crippen LogP) is 6.33. The summed E-state index contributed by atoms with van der Waals surface area (Å²) >= 11 is 3.24. The number of piperidine rings is 1. The van der Waals surface area contributed by atoms with Crippen molar-refractivity contribution in [3.05, 3.63) is 70.7 Å². The summed E-state index contributed by atoms with van der Waals surface area (Å²) in [5.74, 6) is -6.86. The molecule has 262 valence electrons. The van der Waals surface area contributed by atoms with E-state index in [9.17, 15) is 26.4 Å². The van der Waals surface area contributed by atoms with E-state index in [-0.39, 0.29) is 23.0 Å². The van der Waals surface area contributed by atoms with Crippen LogP contribution in [0.4, 0.5) is 22.0 Å². The van der Waals surface area contributed by atoms with Gasteiger partial charge in [-0.15, -0.1) is 0 Å². The molecule has 0 spiro atoms. The molecule has 2 aliphatic rings. The molecule has 3 atom stereocenters. The number of nitrogens with two attached hydrogens (primary N) is 1. The Morgan fingerprint density at radius 3 is 2.12 bits per heavy atom. The molecule has 2 aliphatic heterocycles. The van der Waals surface area contributed by atoms with Gasteiger partial charge in [0.2, 0.25) is 15.9 Å². The first kappa shape index (κ1) is 37.5. The number of hydrogen-bond acceptors (Lipinski definition) is 6. The Hall–Kier alpha value is -3.34. The highest BCUT2D eigenvalue weighted by Gasteiger charge is 2.53. The summed E-state index contributed by atoms with van der Waals surface area (Å²) in [4.78, 5) is 24.0. The lowest BCUT2D eigenvalue weighted by atomic mass is 9.95. The van der Waals surface area contributed by atoms with E-state index >= 15 is 8.78 Å². The van der Waals surface area contributed by atoms with Crippen molar-refractivity contribution >= 4 is 48.6 Å². The number of amides is 1. The second-order valence-corrected chi connectivity index (χ2v) is 14.4. The maximum atomic E-state index is 16.2. The highest BCUT2D eigenvalue weighted by atomic mass is 79.9. The van der Waals surface area contributed by atoms with Gasteiger partial charge in [0.25, 0.3) is 5.92 Å². The number of carboxylic acid groups (broad SMARTS) is 1. The third-order valence-corrected chi connectivity index (χ3v) is 10.2. The molecule has 2 heterocycles. The first-order valence-corrected chi connectivity index (χ1v) is 17.4. The lowest BCUT2D eigenvalue weighted by Gasteiger charge is -2.41. The normalized spacial score (nSPS) is 20.2. The maximum Gasteiger partial charge on any atom is 0.490 e. The average Bonchev–Trinajstić information content (AvgIpc) is 3.29. The van der Waals surface area contributed by atoms with Crippen LogP contribution in [0.1, 0.15) is 51.0 Å². The lowest BCUT2D eigenvalue weighted by molar-refractivity contribution is -0.192. The van der Waals surface area contributed by atoms with Gasteiger partial charge in [-0.1, -0.05) is 53.5 Å². The molecule has 48 heavy (non-hydrogen) atoms. The van der Waals surface area contributed by atoms with Crippen LogP contribution in [-0.4, -0.2) is 67.3 Å². The van der Waals surface area contributed by atoms with E-state index in [0.717, 1.165) is 18.2 Å². The lowest BCUT2D eigenvalue weighted by Crippen LogP contribution is -2.60. The van der Waals surface area contributed by atoms with Crippen LogP contribution in [0, 0.1) is 0 Å². The van der Waals surface area contributed by atoms with Gasteiger partial charge in [0, 0.05) is 28.2 Å². The monoisotopic (exact) mass is 763 g/mol. The largest absolute Gasteiger partial charge is 0.494 e. The fourth-order valence-corrected chi connectivity index (χ4v) is 7.35. The third kappa shape index (κ3) is 8.81. The van der Waals surface area contributed by atoms with Crippen molar-refractivity contribution in [3.8, 4) is 5.75 Å². The van der Waals surface area contributed by atoms with Crippen LogP contribution in [0.25, 0.3) is 10.8 Å². The molecular weight excluding hydrogens is 729 g/mol. The zero-order chi connectivity index (χ0) is 35.4. The van der Waals surface area contributed by atoms with Crippen molar-refractivity contribution in [1.82, 2.24) is 9.62 Å². The number of benzene rings is 3. The molecule has 2 fully saturated rings. The van der Waals surface area contributed by atoms with Gasteiger partial charge in [0.1, 0.15) is 5.75 Å². The molecule has 4 N–H and O–H groups in total. The summed E-state index contributed by atoms with van der Waals surface area (Å²) in [6, 6.07) is 11.9. The van der Waals surface area contributed by atoms with Crippen LogP contribution < -0.4 is 15.2 Å². The number of ether oxygens (including phenoxy) is 1. The number of nitrogens with zero attached hydrogens (tertiary/aromatic N) is 1. The number of fused-ring (bicyclic) bond motifs is 3. The molecule has 2 bridgehead atoms. The number of carbonyl (C=O) groups is 2. The van der Waals surface area contributed by atoms with E-state index in [0.29, 0.717) is 47.9 Å². The molecule has 0 saturated carbocycles. The molecule has 1 amide bonds. The third-order valence-electron chi connectivity index (χ3n) is 8.24. The van der Waals surface area contributed by atoms with Gasteiger partial charge in [0.15, 0.2) is 6.04 Å². The van der Waals surface area contributed by atoms with Crippen LogP contribution >= 0.6 is 15.9 Å². The Kier molecular flexibility index (Phi) is 11.8. The smallest absolute Gasteiger partial charge is 0.490 e. The zero-order valence-electron chi connectivity index (χ0n) is 25.7. The summed E-state index contributed by atoms with van der Waals surface area (Å²) in [6.45, 7) is 2.64. The standard InChI is InChI=1S/C30H34BrF2N3O4S.C2HF3O2/c1-2-3-14-40-26-12-4-20-16-27(13-5-19(20)15-26)41(38,39)35-28(30(32,33)21-6-8-22(31)9-7-21)29(37)36-24-10-11-25(36)18-23(34)17-24;3-2(4,5)1(6)7/h4-9,12-13,15-16,23-25,28,35H,2-3,10-11,14,17-18,34H2,1H3;(H,6,7)/t23?,24?,25?,28-;/m1./s1. The van der Waals surface area contributed by atoms with Crippen LogP contribution in [0.3, 0.4) is 0 Å². The minimum atomic E-state index is -5.08.